The summed E-state index contributed by atoms with van der Waals surface area (Å²) in [4.78, 5) is 24.4. The van der Waals surface area contributed by atoms with Crippen molar-refractivity contribution in [2.45, 2.75) is 18.9 Å². The van der Waals surface area contributed by atoms with Crippen LogP contribution in [0.4, 0.5) is 4.79 Å². The summed E-state index contributed by atoms with van der Waals surface area (Å²) < 4.78 is 4.78. The van der Waals surface area contributed by atoms with Crippen molar-refractivity contribution in [3.8, 4) is 0 Å². The number of hydrogen-bond donors (Lipinski definition) is 2. The third kappa shape index (κ3) is 5.70. The fourth-order valence-corrected chi connectivity index (χ4v) is 2.46. The monoisotopic (exact) mass is 276 g/mol. The molecule has 104 valence electrons. The Hall–Kier alpha value is -0.790. The van der Waals surface area contributed by atoms with E-state index in [2.05, 4.69) is 5.32 Å². The predicted octanol–water partition coefficient (Wildman–Crippen LogP) is 0.0589. The third-order valence-corrected chi connectivity index (χ3v) is 3.50. The highest BCUT2D eigenvalue weighted by Crippen LogP contribution is 2.16. The first-order valence-corrected chi connectivity index (χ1v) is 6.97. The Labute approximate surface area is 111 Å². The number of carbonyl (C=O) groups is 2. The number of carbonyl (C=O) groups excluding carboxylic acids is 2. The van der Waals surface area contributed by atoms with Crippen molar-refractivity contribution in [1.82, 2.24) is 10.2 Å². The van der Waals surface area contributed by atoms with Crippen molar-refractivity contribution in [3.05, 3.63) is 0 Å². The molecule has 0 aromatic heterocycles. The highest BCUT2D eigenvalue weighted by molar-refractivity contribution is 8.13. The molecule has 6 nitrogen and oxygen atoms in total. The van der Waals surface area contributed by atoms with Gasteiger partial charge in [-0.3, -0.25) is 9.59 Å². The minimum Gasteiger partial charge on any atom is -0.391 e. The highest BCUT2D eigenvalue weighted by atomic mass is 32.2. The van der Waals surface area contributed by atoms with Gasteiger partial charge in [0.05, 0.1) is 12.7 Å². The Bertz CT molecular complexity index is 288. The molecule has 0 aromatic carbocycles. The third-order valence-electron chi connectivity index (χ3n) is 2.61. The van der Waals surface area contributed by atoms with Crippen molar-refractivity contribution in [2.24, 2.45) is 0 Å². The van der Waals surface area contributed by atoms with Crippen molar-refractivity contribution >= 4 is 22.9 Å². The molecule has 1 rings (SSSR count). The average molecular weight is 276 g/mol. The van der Waals surface area contributed by atoms with E-state index in [1.165, 1.54) is 18.9 Å². The number of rotatable bonds is 8. The van der Waals surface area contributed by atoms with Crippen molar-refractivity contribution in [3.63, 3.8) is 0 Å². The number of ether oxygens (including phenoxy) is 1. The fraction of sp³-hybridized carbons (Fsp3) is 0.818. The lowest BCUT2D eigenvalue weighted by Gasteiger charge is -2.14. The minimum atomic E-state index is -0.549. The van der Waals surface area contributed by atoms with Crippen LogP contribution < -0.4 is 5.32 Å². The fourth-order valence-electron chi connectivity index (χ4n) is 1.61. The van der Waals surface area contributed by atoms with Gasteiger partial charge in [-0.05, 0) is 6.42 Å². The molecule has 0 spiro atoms. The molecule has 1 atom stereocenters. The van der Waals surface area contributed by atoms with Crippen LogP contribution in [0.5, 0.6) is 0 Å². The summed E-state index contributed by atoms with van der Waals surface area (Å²) in [6.07, 6.45) is 0.233. The first-order valence-electron chi connectivity index (χ1n) is 5.99. The van der Waals surface area contributed by atoms with Crippen LogP contribution in [0.25, 0.3) is 0 Å². The summed E-state index contributed by atoms with van der Waals surface area (Å²) in [5, 5.41) is 12.1. The second-order valence-electron chi connectivity index (χ2n) is 4.10. The lowest BCUT2D eigenvalue weighted by atomic mass is 10.2. The Morgan fingerprint density at radius 1 is 1.67 bits per heavy atom. The molecule has 0 bridgehead atoms. The molecule has 18 heavy (non-hydrogen) atoms. The summed E-state index contributed by atoms with van der Waals surface area (Å²) in [6.45, 7) is 1.89. The largest absolute Gasteiger partial charge is 0.391 e. The molecule has 2 N–H and O–H groups in total. The van der Waals surface area contributed by atoms with Crippen LogP contribution in [0.15, 0.2) is 0 Å². The molecular weight excluding hydrogens is 256 g/mol. The zero-order valence-electron chi connectivity index (χ0n) is 10.6. The lowest BCUT2D eigenvalue weighted by Crippen LogP contribution is -2.32. The summed E-state index contributed by atoms with van der Waals surface area (Å²) in [6, 6.07) is 0. The smallest absolute Gasteiger partial charge is 0.281 e. The van der Waals surface area contributed by atoms with E-state index < -0.39 is 6.10 Å². The standard InChI is InChI=1S/C11H20N2O4S/c1-17-8-9(14)2-4-12-10(15)3-5-13-6-7-18-11(13)16/h9,14H,2-8H2,1H3,(H,12,15). The van der Waals surface area contributed by atoms with Crippen molar-refractivity contribution in [1.29, 1.82) is 0 Å². The van der Waals surface area contributed by atoms with Crippen LogP contribution in [0.2, 0.25) is 0 Å². The van der Waals surface area contributed by atoms with Gasteiger partial charge >= 0.3 is 0 Å². The predicted molar refractivity (Wildman–Crippen MR) is 69.6 cm³/mol. The SMILES string of the molecule is COCC(O)CCNC(=O)CCN1CCSC1=O. The Morgan fingerprint density at radius 2 is 2.44 bits per heavy atom. The molecule has 1 fully saturated rings. The Balaban J connectivity index is 2.05. The Morgan fingerprint density at radius 3 is 3.06 bits per heavy atom. The summed E-state index contributed by atoms with van der Waals surface area (Å²) >= 11 is 1.29. The van der Waals surface area contributed by atoms with Gasteiger partial charge in [-0.15, -0.1) is 0 Å². The molecule has 0 aliphatic carbocycles. The molecule has 0 radical (unpaired) electrons. The van der Waals surface area contributed by atoms with E-state index in [1.807, 2.05) is 0 Å². The normalized spacial score (nSPS) is 17.0. The molecule has 1 saturated heterocycles. The minimum absolute atomic E-state index is 0.0540. The maximum Gasteiger partial charge on any atom is 0.281 e. The van der Waals surface area contributed by atoms with E-state index in [4.69, 9.17) is 4.74 Å². The molecule has 2 amide bonds. The first kappa shape index (κ1) is 15.3. The van der Waals surface area contributed by atoms with Crippen LogP contribution in [0.1, 0.15) is 12.8 Å². The number of methoxy groups -OCH3 is 1. The molecule has 0 saturated carbocycles. The number of aliphatic hydroxyl groups is 1. The molecule has 7 heteroatoms. The summed E-state index contributed by atoms with van der Waals surface area (Å²) in [7, 11) is 1.52. The number of aliphatic hydroxyl groups excluding tert-OH is 1. The number of thioether (sulfide) groups is 1. The highest BCUT2D eigenvalue weighted by Gasteiger charge is 2.21. The molecule has 1 aliphatic heterocycles. The second kappa shape index (κ2) is 8.34. The summed E-state index contributed by atoms with van der Waals surface area (Å²) in [5.74, 6) is 0.716. The number of nitrogens with one attached hydrogen (secondary N) is 1. The van der Waals surface area contributed by atoms with Gasteiger partial charge in [0.15, 0.2) is 0 Å². The zero-order valence-corrected chi connectivity index (χ0v) is 11.4. The van der Waals surface area contributed by atoms with Crippen LogP contribution in [0.3, 0.4) is 0 Å². The van der Waals surface area contributed by atoms with Crippen LogP contribution in [-0.2, 0) is 9.53 Å². The van der Waals surface area contributed by atoms with Crippen molar-refractivity contribution in [2.75, 3.05) is 39.1 Å². The number of amides is 2. The van der Waals surface area contributed by atoms with E-state index in [-0.39, 0.29) is 17.8 Å². The van der Waals surface area contributed by atoms with E-state index >= 15 is 0 Å². The molecule has 1 aliphatic rings. The van der Waals surface area contributed by atoms with Crippen molar-refractivity contribution < 1.29 is 19.4 Å². The maximum atomic E-state index is 11.5. The van der Waals surface area contributed by atoms with Gasteiger partial charge in [-0.2, -0.15) is 0 Å². The van der Waals surface area contributed by atoms with Crippen LogP contribution >= 0.6 is 11.8 Å². The zero-order chi connectivity index (χ0) is 13.4. The topological polar surface area (TPSA) is 78.9 Å². The van der Waals surface area contributed by atoms with E-state index in [0.717, 1.165) is 12.3 Å². The number of hydrogen-bond acceptors (Lipinski definition) is 5. The van der Waals surface area contributed by atoms with Crippen LogP contribution in [-0.4, -0.2) is 66.4 Å². The van der Waals surface area contributed by atoms with E-state index in [0.29, 0.717) is 25.9 Å². The average Bonchev–Trinajstić information content (AvgIpc) is 2.72. The van der Waals surface area contributed by atoms with Gasteiger partial charge in [0.2, 0.25) is 5.91 Å². The quantitative estimate of drug-likeness (QED) is 0.655. The first-order chi connectivity index (χ1) is 8.63. The molecular formula is C11H20N2O4S. The Kier molecular flexibility index (Phi) is 7.07. The van der Waals surface area contributed by atoms with Gasteiger partial charge in [-0.1, -0.05) is 11.8 Å². The van der Waals surface area contributed by atoms with E-state index in [9.17, 15) is 14.7 Å². The number of nitrogens with zero attached hydrogens (tertiary/aromatic N) is 1. The molecule has 1 unspecified atom stereocenters. The van der Waals surface area contributed by atoms with Gasteiger partial charge in [0, 0.05) is 38.9 Å². The second-order valence-corrected chi connectivity index (χ2v) is 5.15. The molecule has 0 aromatic rings. The van der Waals surface area contributed by atoms with E-state index in [1.54, 1.807) is 4.90 Å². The van der Waals surface area contributed by atoms with Gasteiger partial charge < -0.3 is 20.1 Å². The van der Waals surface area contributed by atoms with Gasteiger partial charge in [-0.25, -0.2) is 0 Å². The van der Waals surface area contributed by atoms with Crippen LogP contribution in [0, 0.1) is 0 Å². The lowest BCUT2D eigenvalue weighted by molar-refractivity contribution is -0.121. The van der Waals surface area contributed by atoms with Gasteiger partial charge in [0.1, 0.15) is 0 Å². The van der Waals surface area contributed by atoms with Gasteiger partial charge in [0.25, 0.3) is 5.24 Å². The summed E-state index contributed by atoms with van der Waals surface area (Å²) in [5.41, 5.74) is 0. The molecule has 1 heterocycles. The maximum absolute atomic E-state index is 11.5.